The minimum Gasteiger partial charge on any atom is -0.481 e. The first-order valence-corrected chi connectivity index (χ1v) is 8.11. The van der Waals surface area contributed by atoms with E-state index in [9.17, 15) is 14.7 Å². The molecule has 2 atom stereocenters. The molecule has 1 aliphatic rings. The number of nitrogens with zero attached hydrogens (tertiary/aromatic N) is 1. The second kappa shape index (κ2) is 6.44. The molecular formula is C18H22N2O3. The Morgan fingerprint density at radius 1 is 1.30 bits per heavy atom. The van der Waals surface area contributed by atoms with Gasteiger partial charge in [0, 0.05) is 36.6 Å². The van der Waals surface area contributed by atoms with Gasteiger partial charge >= 0.3 is 5.97 Å². The number of aromatic nitrogens is 1. The van der Waals surface area contributed by atoms with Gasteiger partial charge < -0.3 is 15.0 Å². The molecule has 1 amide bonds. The predicted octanol–water partition coefficient (Wildman–Crippen LogP) is 2.48. The van der Waals surface area contributed by atoms with E-state index in [1.165, 1.54) is 5.39 Å². The maximum Gasteiger partial charge on any atom is 0.308 e. The molecule has 1 aromatic carbocycles. The monoisotopic (exact) mass is 314 g/mol. The first kappa shape index (κ1) is 15.6. The Labute approximate surface area is 135 Å². The molecule has 5 nitrogen and oxygen atoms in total. The van der Waals surface area contributed by atoms with E-state index in [0.717, 1.165) is 23.9 Å². The zero-order valence-corrected chi connectivity index (χ0v) is 13.3. The zero-order chi connectivity index (χ0) is 16.4. The van der Waals surface area contributed by atoms with E-state index in [0.29, 0.717) is 19.3 Å². The molecule has 122 valence electrons. The molecule has 1 saturated carbocycles. The van der Waals surface area contributed by atoms with Crippen molar-refractivity contribution in [2.75, 3.05) is 0 Å². The quantitative estimate of drug-likeness (QED) is 0.890. The molecule has 0 radical (unpaired) electrons. The Hall–Kier alpha value is -2.30. The number of hydrogen-bond donors (Lipinski definition) is 2. The zero-order valence-electron chi connectivity index (χ0n) is 13.3. The number of hydrogen-bond acceptors (Lipinski definition) is 2. The summed E-state index contributed by atoms with van der Waals surface area (Å²) in [4.78, 5) is 23.3. The van der Waals surface area contributed by atoms with Gasteiger partial charge in [0.05, 0.1) is 5.92 Å². The number of fused-ring (bicyclic) bond motifs is 1. The molecule has 2 N–H and O–H groups in total. The van der Waals surface area contributed by atoms with Gasteiger partial charge in [-0.25, -0.2) is 0 Å². The number of carboxylic acids is 1. The van der Waals surface area contributed by atoms with Crippen LogP contribution < -0.4 is 5.32 Å². The number of carboxylic acid groups (broad SMARTS) is 1. The SMILES string of the molecule is Cn1cc(CCC(=O)N[C@@H]2CCC[C@@H]2C(=O)O)c2ccccc21. The summed E-state index contributed by atoms with van der Waals surface area (Å²) in [5.74, 6) is -1.30. The van der Waals surface area contributed by atoms with Gasteiger partial charge in [-0.05, 0) is 30.9 Å². The van der Waals surface area contributed by atoms with Crippen LogP contribution in [-0.2, 0) is 23.1 Å². The molecule has 0 spiro atoms. The normalized spacial score (nSPS) is 20.7. The van der Waals surface area contributed by atoms with Crippen molar-refractivity contribution in [1.82, 2.24) is 9.88 Å². The lowest BCUT2D eigenvalue weighted by atomic mass is 10.0. The van der Waals surface area contributed by atoms with Crippen molar-refractivity contribution in [3.8, 4) is 0 Å². The number of para-hydroxylation sites is 1. The van der Waals surface area contributed by atoms with E-state index < -0.39 is 11.9 Å². The minimum absolute atomic E-state index is 0.0592. The van der Waals surface area contributed by atoms with Gasteiger partial charge in [0.15, 0.2) is 0 Å². The summed E-state index contributed by atoms with van der Waals surface area (Å²) in [5, 5.41) is 13.3. The van der Waals surface area contributed by atoms with Crippen LogP contribution in [-0.4, -0.2) is 27.6 Å². The largest absolute Gasteiger partial charge is 0.481 e. The van der Waals surface area contributed by atoms with Crippen LogP contribution in [0.5, 0.6) is 0 Å². The van der Waals surface area contributed by atoms with Gasteiger partial charge in [0.2, 0.25) is 5.91 Å². The molecule has 1 fully saturated rings. The van der Waals surface area contributed by atoms with E-state index in [-0.39, 0.29) is 11.9 Å². The fourth-order valence-electron chi connectivity index (χ4n) is 3.58. The third-order valence-electron chi connectivity index (χ3n) is 4.78. The Balaban J connectivity index is 1.61. The van der Waals surface area contributed by atoms with Crippen LogP contribution in [0.1, 0.15) is 31.2 Å². The van der Waals surface area contributed by atoms with Crippen LogP contribution >= 0.6 is 0 Å². The van der Waals surface area contributed by atoms with E-state index in [1.807, 2.05) is 19.2 Å². The van der Waals surface area contributed by atoms with Crippen LogP contribution in [0, 0.1) is 5.92 Å². The average molecular weight is 314 g/mol. The molecule has 1 aromatic heterocycles. The Morgan fingerprint density at radius 2 is 2.09 bits per heavy atom. The lowest BCUT2D eigenvalue weighted by Gasteiger charge is -2.17. The number of benzene rings is 1. The molecule has 2 aromatic rings. The van der Waals surface area contributed by atoms with Gasteiger partial charge in [0.25, 0.3) is 0 Å². The van der Waals surface area contributed by atoms with Crippen molar-refractivity contribution in [1.29, 1.82) is 0 Å². The minimum atomic E-state index is -0.804. The van der Waals surface area contributed by atoms with E-state index >= 15 is 0 Å². The van der Waals surface area contributed by atoms with Crippen LogP contribution in [0.4, 0.5) is 0 Å². The molecule has 23 heavy (non-hydrogen) atoms. The van der Waals surface area contributed by atoms with Crippen LogP contribution in [0.25, 0.3) is 10.9 Å². The molecule has 3 rings (SSSR count). The lowest BCUT2D eigenvalue weighted by Crippen LogP contribution is -2.40. The van der Waals surface area contributed by atoms with Gasteiger partial charge in [0.1, 0.15) is 0 Å². The summed E-state index contributed by atoms with van der Waals surface area (Å²) in [6, 6.07) is 7.93. The Bertz CT molecular complexity index is 735. The second-order valence-electron chi connectivity index (χ2n) is 6.33. The summed E-state index contributed by atoms with van der Waals surface area (Å²) in [5.41, 5.74) is 2.31. The molecule has 5 heteroatoms. The summed E-state index contributed by atoms with van der Waals surface area (Å²) in [6.07, 6.45) is 5.40. The maximum atomic E-state index is 12.2. The van der Waals surface area contributed by atoms with Crippen LogP contribution in [0.3, 0.4) is 0 Å². The predicted molar refractivity (Wildman–Crippen MR) is 88.1 cm³/mol. The Kier molecular flexibility index (Phi) is 4.37. The fourth-order valence-corrected chi connectivity index (χ4v) is 3.58. The van der Waals surface area contributed by atoms with Gasteiger partial charge in [-0.15, -0.1) is 0 Å². The third-order valence-corrected chi connectivity index (χ3v) is 4.78. The summed E-state index contributed by atoms with van der Waals surface area (Å²) in [7, 11) is 2.00. The highest BCUT2D eigenvalue weighted by Gasteiger charge is 2.33. The highest BCUT2D eigenvalue weighted by molar-refractivity contribution is 5.85. The van der Waals surface area contributed by atoms with Gasteiger partial charge in [-0.2, -0.15) is 0 Å². The molecule has 1 aliphatic carbocycles. The molecular weight excluding hydrogens is 292 g/mol. The summed E-state index contributed by atoms with van der Waals surface area (Å²) < 4.78 is 2.07. The van der Waals surface area contributed by atoms with Crippen molar-refractivity contribution >= 4 is 22.8 Å². The smallest absolute Gasteiger partial charge is 0.308 e. The molecule has 0 aliphatic heterocycles. The second-order valence-corrected chi connectivity index (χ2v) is 6.33. The number of aryl methyl sites for hydroxylation is 2. The summed E-state index contributed by atoms with van der Waals surface area (Å²) >= 11 is 0. The van der Waals surface area contributed by atoms with Crippen molar-refractivity contribution < 1.29 is 14.7 Å². The van der Waals surface area contributed by atoms with Crippen molar-refractivity contribution in [3.05, 3.63) is 36.0 Å². The van der Waals surface area contributed by atoms with Crippen LogP contribution in [0.2, 0.25) is 0 Å². The molecule has 1 heterocycles. The van der Waals surface area contributed by atoms with E-state index in [4.69, 9.17) is 0 Å². The molecule has 0 bridgehead atoms. The van der Waals surface area contributed by atoms with Gasteiger partial charge in [-0.1, -0.05) is 24.6 Å². The van der Waals surface area contributed by atoms with Crippen molar-refractivity contribution in [2.45, 2.75) is 38.1 Å². The highest BCUT2D eigenvalue weighted by Crippen LogP contribution is 2.26. The summed E-state index contributed by atoms with van der Waals surface area (Å²) in [6.45, 7) is 0. The Morgan fingerprint density at radius 3 is 2.87 bits per heavy atom. The number of aliphatic carboxylic acids is 1. The third kappa shape index (κ3) is 3.23. The van der Waals surface area contributed by atoms with Crippen LogP contribution in [0.15, 0.2) is 30.5 Å². The molecule has 0 unspecified atom stereocenters. The highest BCUT2D eigenvalue weighted by atomic mass is 16.4. The maximum absolute atomic E-state index is 12.2. The first-order chi connectivity index (χ1) is 11.1. The number of carbonyl (C=O) groups is 2. The topological polar surface area (TPSA) is 71.3 Å². The number of nitrogens with one attached hydrogen (secondary N) is 1. The van der Waals surface area contributed by atoms with Crippen molar-refractivity contribution in [3.63, 3.8) is 0 Å². The lowest BCUT2D eigenvalue weighted by molar-refractivity contribution is -0.142. The van der Waals surface area contributed by atoms with E-state index in [2.05, 4.69) is 28.2 Å². The average Bonchev–Trinajstić information content (AvgIpc) is 3.11. The number of rotatable bonds is 5. The number of amides is 1. The molecule has 0 saturated heterocycles. The van der Waals surface area contributed by atoms with Gasteiger partial charge in [-0.3, -0.25) is 9.59 Å². The number of carbonyl (C=O) groups excluding carboxylic acids is 1. The van der Waals surface area contributed by atoms with Crippen molar-refractivity contribution in [2.24, 2.45) is 13.0 Å². The van der Waals surface area contributed by atoms with E-state index in [1.54, 1.807) is 0 Å². The fraction of sp³-hybridized carbons (Fsp3) is 0.444. The standard InChI is InChI=1S/C18H22N2O3/c1-20-11-12(13-5-2-3-8-16(13)20)9-10-17(21)19-15-7-4-6-14(15)18(22)23/h2-3,5,8,11,14-15H,4,6-7,9-10H2,1H3,(H,19,21)(H,22,23)/t14-,15+/m0/s1. The first-order valence-electron chi connectivity index (χ1n) is 8.11.